The highest BCUT2D eigenvalue weighted by Crippen LogP contribution is 2.67. The van der Waals surface area contributed by atoms with Crippen molar-refractivity contribution in [2.45, 2.75) is 90.8 Å². The second kappa shape index (κ2) is 9.30. The van der Waals surface area contributed by atoms with Crippen molar-refractivity contribution in [1.29, 1.82) is 0 Å². The lowest BCUT2D eigenvalue weighted by Crippen LogP contribution is -2.63. The molecule has 35 heavy (non-hydrogen) atoms. The molecule has 6 unspecified atom stereocenters. The Balaban J connectivity index is 1.70. The summed E-state index contributed by atoms with van der Waals surface area (Å²) in [7, 11) is 0. The minimum atomic E-state index is -1.43. The zero-order valence-electron chi connectivity index (χ0n) is 21.3. The summed E-state index contributed by atoms with van der Waals surface area (Å²) in [5, 5.41) is 11.6. The smallest absolute Gasteiger partial charge is 0.306 e. The molecule has 0 radical (unpaired) electrons. The Morgan fingerprint density at radius 3 is 2.63 bits per heavy atom. The van der Waals surface area contributed by atoms with Gasteiger partial charge in [0.05, 0.1) is 6.10 Å². The number of esters is 2. The largest absolute Gasteiger partial charge is 0.458 e. The maximum atomic E-state index is 13.6. The van der Waals surface area contributed by atoms with Gasteiger partial charge in [-0.25, -0.2) is 0 Å². The molecule has 3 fully saturated rings. The van der Waals surface area contributed by atoms with Gasteiger partial charge in [0.2, 0.25) is 5.78 Å². The number of carbonyl (C=O) groups excluding carboxylic acids is 4. The highest BCUT2D eigenvalue weighted by molar-refractivity contribution is 6.01. The minimum Gasteiger partial charge on any atom is -0.458 e. The summed E-state index contributed by atoms with van der Waals surface area (Å²) in [5.74, 6) is -1.31. The quantitative estimate of drug-likeness (QED) is 0.544. The van der Waals surface area contributed by atoms with Gasteiger partial charge in [0.1, 0.15) is 0 Å². The number of hydrogen-bond donors (Lipinski definition) is 1. The van der Waals surface area contributed by atoms with Gasteiger partial charge in [0.25, 0.3) is 0 Å². The molecular weight excluding hydrogens is 448 g/mol. The van der Waals surface area contributed by atoms with Gasteiger partial charge in [-0.2, -0.15) is 0 Å². The van der Waals surface area contributed by atoms with Crippen LogP contribution in [0.15, 0.2) is 23.8 Å². The monoisotopic (exact) mass is 486 g/mol. The van der Waals surface area contributed by atoms with Crippen LogP contribution in [0, 0.1) is 28.6 Å². The molecule has 0 amide bonds. The first-order valence-corrected chi connectivity index (χ1v) is 13.0. The van der Waals surface area contributed by atoms with Crippen molar-refractivity contribution in [1.82, 2.24) is 0 Å². The number of ketones is 2. The molecule has 1 N–H and O–H groups in total. The molecule has 0 aromatic carbocycles. The van der Waals surface area contributed by atoms with Gasteiger partial charge in [-0.3, -0.25) is 19.2 Å². The Morgan fingerprint density at radius 1 is 1.20 bits per heavy atom. The molecule has 4 aliphatic rings. The van der Waals surface area contributed by atoms with Crippen molar-refractivity contribution in [2.75, 3.05) is 6.61 Å². The molecule has 0 aromatic rings. The fourth-order valence-electron chi connectivity index (χ4n) is 7.85. The third kappa shape index (κ3) is 4.09. The van der Waals surface area contributed by atoms with Crippen LogP contribution in [0.25, 0.3) is 0 Å². The average Bonchev–Trinajstić information content (AvgIpc) is 3.08. The van der Waals surface area contributed by atoms with Crippen LogP contribution in [0.3, 0.4) is 0 Å². The Bertz CT molecular complexity index is 980. The highest BCUT2D eigenvalue weighted by Gasteiger charge is 2.70. The Hall–Kier alpha value is -2.28. The van der Waals surface area contributed by atoms with Gasteiger partial charge in [-0.1, -0.05) is 38.8 Å². The number of Topliss-reactive ketones (excluding diaryl/α,β-unsaturated/α-hetero) is 1. The van der Waals surface area contributed by atoms with Crippen molar-refractivity contribution in [3.8, 4) is 0 Å². The molecule has 0 heterocycles. The molecular formula is C28H38O7. The van der Waals surface area contributed by atoms with E-state index < -0.39 is 46.9 Å². The molecule has 0 spiro atoms. The molecule has 7 nitrogen and oxygen atoms in total. The van der Waals surface area contributed by atoms with Crippen LogP contribution in [0.2, 0.25) is 0 Å². The second-order valence-electron chi connectivity index (χ2n) is 11.4. The van der Waals surface area contributed by atoms with E-state index in [1.54, 1.807) is 12.2 Å². The summed E-state index contributed by atoms with van der Waals surface area (Å²) in [6.45, 7) is 6.86. The zero-order chi connectivity index (χ0) is 25.6. The van der Waals surface area contributed by atoms with Crippen molar-refractivity contribution in [3.63, 3.8) is 0 Å². The van der Waals surface area contributed by atoms with Crippen molar-refractivity contribution in [2.24, 2.45) is 28.6 Å². The van der Waals surface area contributed by atoms with Crippen LogP contribution in [-0.4, -0.2) is 46.9 Å². The zero-order valence-corrected chi connectivity index (χ0v) is 21.3. The van der Waals surface area contributed by atoms with Gasteiger partial charge in [0.15, 0.2) is 18.0 Å². The maximum absolute atomic E-state index is 13.6. The summed E-state index contributed by atoms with van der Waals surface area (Å²) >= 11 is 0. The van der Waals surface area contributed by atoms with Crippen LogP contribution >= 0.6 is 0 Å². The summed E-state index contributed by atoms with van der Waals surface area (Å²) in [6, 6.07) is 0. The SMILES string of the molecule is CCCCC(=O)O[C@]1(C(=O)COC(C)=O)CCC2C3CCC4=CC(=O)C=CC4(C)C3C(O)CC21C. The Morgan fingerprint density at radius 2 is 1.94 bits per heavy atom. The van der Waals surface area contributed by atoms with Crippen molar-refractivity contribution < 1.29 is 33.8 Å². The first-order valence-electron chi connectivity index (χ1n) is 13.0. The lowest BCUT2D eigenvalue weighted by Gasteiger charge is -2.59. The van der Waals surface area contributed by atoms with E-state index >= 15 is 0 Å². The molecule has 0 saturated heterocycles. The predicted octanol–water partition coefficient (Wildman–Crippen LogP) is 3.87. The van der Waals surface area contributed by atoms with Crippen LogP contribution < -0.4 is 0 Å². The molecule has 7 heteroatoms. The number of rotatable bonds is 7. The third-order valence-electron chi connectivity index (χ3n) is 9.50. The lowest BCUT2D eigenvalue weighted by atomic mass is 9.46. The first-order chi connectivity index (χ1) is 16.5. The number of fused-ring (bicyclic) bond motifs is 5. The number of aliphatic hydroxyl groups excluding tert-OH is 1. The lowest BCUT2D eigenvalue weighted by molar-refractivity contribution is -0.201. The molecule has 0 aromatic heterocycles. The number of allylic oxidation sites excluding steroid dienone is 4. The molecule has 3 saturated carbocycles. The van der Waals surface area contributed by atoms with Gasteiger partial charge in [0, 0.05) is 30.1 Å². The Kier molecular flexibility index (Phi) is 6.86. The Labute approximate surface area is 207 Å². The molecule has 4 rings (SSSR count). The number of aliphatic hydroxyl groups is 1. The normalized spacial score (nSPS) is 39.7. The summed E-state index contributed by atoms with van der Waals surface area (Å²) in [6.07, 6.45) is 9.17. The van der Waals surface area contributed by atoms with E-state index in [0.717, 1.165) is 24.8 Å². The number of carbonyl (C=O) groups is 4. The van der Waals surface area contributed by atoms with Gasteiger partial charge in [-0.05, 0) is 62.5 Å². The predicted molar refractivity (Wildman–Crippen MR) is 128 cm³/mol. The van der Waals surface area contributed by atoms with E-state index in [9.17, 15) is 24.3 Å². The van der Waals surface area contributed by atoms with E-state index in [1.807, 2.05) is 19.9 Å². The summed E-state index contributed by atoms with van der Waals surface area (Å²) < 4.78 is 11.1. The topological polar surface area (TPSA) is 107 Å². The maximum Gasteiger partial charge on any atom is 0.306 e. The van der Waals surface area contributed by atoms with Gasteiger partial charge >= 0.3 is 11.9 Å². The summed E-state index contributed by atoms with van der Waals surface area (Å²) in [4.78, 5) is 50.0. The molecule has 0 aliphatic heterocycles. The van der Waals surface area contributed by atoms with E-state index in [-0.39, 0.29) is 30.0 Å². The van der Waals surface area contributed by atoms with Crippen LogP contribution in [-0.2, 0) is 28.7 Å². The molecule has 4 aliphatic carbocycles. The average molecular weight is 487 g/mol. The third-order valence-corrected chi connectivity index (χ3v) is 9.50. The van der Waals surface area contributed by atoms with Crippen LogP contribution in [0.1, 0.15) is 79.1 Å². The fourth-order valence-corrected chi connectivity index (χ4v) is 7.85. The van der Waals surface area contributed by atoms with E-state index in [0.29, 0.717) is 25.7 Å². The van der Waals surface area contributed by atoms with E-state index in [1.165, 1.54) is 6.92 Å². The van der Waals surface area contributed by atoms with E-state index in [4.69, 9.17) is 9.47 Å². The fraction of sp³-hybridized carbons (Fsp3) is 0.714. The van der Waals surface area contributed by atoms with Gasteiger partial charge < -0.3 is 14.6 Å². The number of ether oxygens (including phenoxy) is 2. The van der Waals surface area contributed by atoms with Crippen LogP contribution in [0.5, 0.6) is 0 Å². The standard InChI is InChI=1S/C28H38O7/c1-5-6-7-24(33)35-28(23(32)16-34-17(2)29)13-11-21-20-9-8-18-14-19(30)10-12-26(18,3)25(20)22(31)15-27(21,28)4/h10,12,14,20-22,25,31H,5-9,11,13,15-16H2,1-4H3/t20?,21?,22?,25?,26?,27?,28-/m0/s1. The highest BCUT2D eigenvalue weighted by atomic mass is 16.6. The number of unbranched alkanes of at least 4 members (excludes halogenated alkanes) is 1. The molecule has 192 valence electrons. The van der Waals surface area contributed by atoms with E-state index in [2.05, 4.69) is 6.92 Å². The first kappa shape index (κ1) is 25.8. The summed E-state index contributed by atoms with van der Waals surface area (Å²) in [5.41, 5.74) is -1.56. The van der Waals surface area contributed by atoms with Crippen LogP contribution in [0.4, 0.5) is 0 Å². The molecule has 7 atom stereocenters. The van der Waals surface area contributed by atoms with Gasteiger partial charge in [-0.15, -0.1) is 0 Å². The number of hydrogen-bond acceptors (Lipinski definition) is 7. The van der Waals surface area contributed by atoms with Crippen molar-refractivity contribution >= 4 is 23.5 Å². The molecule has 0 bridgehead atoms. The van der Waals surface area contributed by atoms with Crippen molar-refractivity contribution in [3.05, 3.63) is 23.8 Å². The minimum absolute atomic E-state index is 0.0130. The second-order valence-corrected chi connectivity index (χ2v) is 11.4.